The standard InChI is InChI=1S/C25H28N4O2.C3H8/c1-5-21(29-10-12-31-13-11-29)15-19-6-7-20(14-17(19)2)24-9-8-23(28(24)4)18(3)22(16-26)25(27)30;1-3-2/h5-9,14-15H,2,10-13H2,1,3-4H3,(H2,27,30);3H2,1-2H3/b19-15-,21-5+,22-18+;. The number of amides is 1. The van der Waals surface area contributed by atoms with Crippen molar-refractivity contribution < 1.29 is 9.53 Å². The SMILES string of the molecule is C=c1cc(-c2ccc(/C(C)=C(\C#N)C(N)=O)n2C)cc/c1=C/C(=C\C)N1CCOCC1.CCC. The molecule has 2 N–H and O–H groups in total. The molecule has 1 amide bonds. The lowest BCUT2D eigenvalue weighted by Crippen LogP contribution is -2.36. The summed E-state index contributed by atoms with van der Waals surface area (Å²) in [6.45, 7) is 15.5. The van der Waals surface area contributed by atoms with Crippen molar-refractivity contribution in [2.24, 2.45) is 12.8 Å². The number of hydrogen-bond donors (Lipinski definition) is 1. The van der Waals surface area contributed by atoms with E-state index in [0.29, 0.717) is 5.57 Å². The highest BCUT2D eigenvalue weighted by Gasteiger charge is 2.15. The molecular formula is C28H36N4O2. The number of carbonyl (C=O) groups excluding carboxylic acids is 1. The molecule has 0 unspecified atom stereocenters. The minimum Gasteiger partial charge on any atom is -0.378 e. The van der Waals surface area contributed by atoms with Crippen molar-refractivity contribution in [3.05, 3.63) is 63.8 Å². The van der Waals surface area contributed by atoms with Crippen molar-refractivity contribution in [1.82, 2.24) is 9.47 Å². The van der Waals surface area contributed by atoms with Crippen molar-refractivity contribution in [3.63, 3.8) is 0 Å². The second-order valence-corrected chi connectivity index (χ2v) is 8.22. The molecule has 2 heterocycles. The van der Waals surface area contributed by atoms with Gasteiger partial charge in [0.1, 0.15) is 11.6 Å². The highest BCUT2D eigenvalue weighted by atomic mass is 16.5. The van der Waals surface area contributed by atoms with Crippen LogP contribution in [0.5, 0.6) is 0 Å². The van der Waals surface area contributed by atoms with Crippen LogP contribution in [0.25, 0.3) is 29.5 Å². The largest absolute Gasteiger partial charge is 0.378 e. The zero-order chi connectivity index (χ0) is 25.3. The van der Waals surface area contributed by atoms with Crippen LogP contribution >= 0.6 is 0 Å². The van der Waals surface area contributed by atoms with E-state index in [2.05, 4.69) is 55.7 Å². The van der Waals surface area contributed by atoms with Crippen LogP contribution in [0.4, 0.5) is 0 Å². The van der Waals surface area contributed by atoms with E-state index in [1.54, 1.807) is 6.92 Å². The van der Waals surface area contributed by atoms with Crippen molar-refractivity contribution in [2.45, 2.75) is 34.1 Å². The Morgan fingerprint density at radius 2 is 1.88 bits per heavy atom. The molecule has 0 spiro atoms. The van der Waals surface area contributed by atoms with Crippen LogP contribution in [0.2, 0.25) is 0 Å². The monoisotopic (exact) mass is 460 g/mol. The summed E-state index contributed by atoms with van der Waals surface area (Å²) in [6, 6.07) is 11.9. The van der Waals surface area contributed by atoms with Gasteiger partial charge in [0.25, 0.3) is 5.91 Å². The summed E-state index contributed by atoms with van der Waals surface area (Å²) in [5.74, 6) is -0.720. The first kappa shape index (κ1) is 26.7. The number of nitriles is 1. The zero-order valence-corrected chi connectivity index (χ0v) is 21.0. The average Bonchev–Trinajstić information content (AvgIpc) is 3.20. The maximum absolute atomic E-state index is 11.5. The van der Waals surface area contributed by atoms with E-state index < -0.39 is 5.91 Å². The van der Waals surface area contributed by atoms with Crippen molar-refractivity contribution in [1.29, 1.82) is 5.26 Å². The van der Waals surface area contributed by atoms with E-state index >= 15 is 0 Å². The van der Waals surface area contributed by atoms with E-state index in [-0.39, 0.29) is 5.57 Å². The fourth-order valence-electron chi connectivity index (χ4n) is 3.87. The average molecular weight is 461 g/mol. The van der Waals surface area contributed by atoms with Gasteiger partial charge in [0.05, 0.1) is 13.2 Å². The highest BCUT2D eigenvalue weighted by molar-refractivity contribution is 6.03. The molecule has 0 saturated carbocycles. The lowest BCUT2D eigenvalue weighted by atomic mass is 10.1. The van der Waals surface area contributed by atoms with Gasteiger partial charge in [-0.05, 0) is 59.7 Å². The fraction of sp³-hybridized carbons (Fsp3) is 0.357. The number of rotatable bonds is 5. The van der Waals surface area contributed by atoms with Crippen LogP contribution in [0, 0.1) is 11.3 Å². The summed E-state index contributed by atoms with van der Waals surface area (Å²) in [4.78, 5) is 13.9. The predicted octanol–water partition coefficient (Wildman–Crippen LogP) is 3.32. The molecule has 1 aliphatic heterocycles. The normalized spacial score (nSPS) is 15.2. The van der Waals surface area contributed by atoms with Crippen molar-refractivity contribution in [3.8, 4) is 17.3 Å². The zero-order valence-electron chi connectivity index (χ0n) is 21.0. The summed E-state index contributed by atoms with van der Waals surface area (Å²) in [5, 5.41) is 11.2. The van der Waals surface area contributed by atoms with Crippen molar-refractivity contribution in [2.75, 3.05) is 26.3 Å². The molecule has 1 fully saturated rings. The number of allylic oxidation sites excluding steroid dienone is 3. The molecule has 1 aromatic heterocycles. The van der Waals surface area contributed by atoms with Crippen LogP contribution < -0.4 is 16.2 Å². The number of ether oxygens (including phenoxy) is 1. The maximum atomic E-state index is 11.5. The Kier molecular flexibility index (Phi) is 9.91. The Labute approximate surface area is 202 Å². The third kappa shape index (κ3) is 6.27. The number of hydrogen-bond acceptors (Lipinski definition) is 4. The molecule has 0 radical (unpaired) electrons. The van der Waals surface area contributed by atoms with Crippen LogP contribution in [0.3, 0.4) is 0 Å². The quantitative estimate of drug-likeness (QED) is 0.548. The van der Waals surface area contributed by atoms with Gasteiger partial charge >= 0.3 is 0 Å². The summed E-state index contributed by atoms with van der Waals surface area (Å²) in [7, 11) is 1.91. The van der Waals surface area contributed by atoms with Crippen LogP contribution in [0.15, 0.2) is 47.7 Å². The summed E-state index contributed by atoms with van der Waals surface area (Å²) < 4.78 is 7.41. The third-order valence-corrected chi connectivity index (χ3v) is 5.65. The Bertz CT molecular complexity index is 1220. The molecule has 0 atom stereocenters. The van der Waals surface area contributed by atoms with Gasteiger partial charge in [0.2, 0.25) is 0 Å². The molecule has 6 nitrogen and oxygen atoms in total. The first-order valence-electron chi connectivity index (χ1n) is 11.7. The van der Waals surface area contributed by atoms with Gasteiger partial charge < -0.3 is 19.9 Å². The lowest BCUT2D eigenvalue weighted by molar-refractivity contribution is -0.114. The molecule has 1 aromatic carbocycles. The molecule has 34 heavy (non-hydrogen) atoms. The topological polar surface area (TPSA) is 84.3 Å². The summed E-state index contributed by atoms with van der Waals surface area (Å²) in [5.41, 5.74) is 9.78. The number of morpholine rings is 1. The van der Waals surface area contributed by atoms with E-state index in [0.717, 1.165) is 53.7 Å². The van der Waals surface area contributed by atoms with Gasteiger partial charge in [-0.3, -0.25) is 4.79 Å². The molecule has 6 heteroatoms. The molecular weight excluding hydrogens is 424 g/mol. The first-order valence-corrected chi connectivity index (χ1v) is 11.7. The highest BCUT2D eigenvalue weighted by Crippen LogP contribution is 2.25. The maximum Gasteiger partial charge on any atom is 0.259 e. The molecule has 0 aliphatic carbocycles. The second-order valence-electron chi connectivity index (χ2n) is 8.22. The molecule has 0 bridgehead atoms. The van der Waals surface area contributed by atoms with Gasteiger partial charge in [-0.1, -0.05) is 45.1 Å². The van der Waals surface area contributed by atoms with Gasteiger partial charge in [-0.25, -0.2) is 0 Å². The summed E-state index contributed by atoms with van der Waals surface area (Å²) in [6.07, 6.45) is 5.52. The molecule has 3 rings (SSSR count). The molecule has 180 valence electrons. The number of carbonyl (C=O) groups is 1. The number of primary amides is 1. The second kappa shape index (κ2) is 12.6. The van der Waals surface area contributed by atoms with Gasteiger partial charge in [-0.15, -0.1) is 0 Å². The number of benzene rings is 1. The molecule has 2 aromatic rings. The van der Waals surface area contributed by atoms with E-state index in [1.165, 1.54) is 12.1 Å². The van der Waals surface area contributed by atoms with E-state index in [4.69, 9.17) is 10.5 Å². The van der Waals surface area contributed by atoms with E-state index in [9.17, 15) is 10.1 Å². The molecule has 1 saturated heterocycles. The first-order chi connectivity index (χ1) is 16.3. The molecule has 1 aliphatic rings. The Balaban J connectivity index is 0.00000129. The van der Waals surface area contributed by atoms with Crippen LogP contribution in [-0.2, 0) is 16.6 Å². The Morgan fingerprint density at radius 3 is 2.41 bits per heavy atom. The van der Waals surface area contributed by atoms with Gasteiger partial charge in [0.15, 0.2) is 0 Å². The van der Waals surface area contributed by atoms with Crippen molar-refractivity contribution >= 4 is 24.1 Å². The van der Waals surface area contributed by atoms with Crippen LogP contribution in [0.1, 0.15) is 39.8 Å². The number of nitrogens with two attached hydrogens (primary N) is 1. The minimum atomic E-state index is -0.720. The third-order valence-electron chi connectivity index (χ3n) is 5.65. The minimum absolute atomic E-state index is 0.0301. The lowest BCUT2D eigenvalue weighted by Gasteiger charge is -2.29. The number of nitrogens with zero attached hydrogens (tertiary/aromatic N) is 3. The predicted molar refractivity (Wildman–Crippen MR) is 140 cm³/mol. The smallest absolute Gasteiger partial charge is 0.259 e. The van der Waals surface area contributed by atoms with Gasteiger partial charge in [0, 0.05) is 37.2 Å². The van der Waals surface area contributed by atoms with E-state index in [1.807, 2.05) is 36.7 Å². The summed E-state index contributed by atoms with van der Waals surface area (Å²) >= 11 is 0. The number of aromatic nitrogens is 1. The Hall–Kier alpha value is -3.56. The van der Waals surface area contributed by atoms with Crippen LogP contribution in [-0.4, -0.2) is 41.7 Å². The Morgan fingerprint density at radius 1 is 1.24 bits per heavy atom. The fourth-order valence-corrected chi connectivity index (χ4v) is 3.87. The van der Waals surface area contributed by atoms with Gasteiger partial charge in [-0.2, -0.15) is 5.26 Å².